The van der Waals surface area contributed by atoms with Gasteiger partial charge in [-0.25, -0.2) is 4.98 Å². The molecule has 0 spiro atoms. The number of hydrogen-bond acceptors (Lipinski definition) is 3. The van der Waals surface area contributed by atoms with Crippen LogP contribution >= 0.6 is 0 Å². The highest BCUT2D eigenvalue weighted by Gasteiger charge is 2.18. The maximum absolute atomic E-state index is 5.23. The van der Waals surface area contributed by atoms with Gasteiger partial charge in [-0.2, -0.15) is 0 Å². The molecule has 198 valence electrons. The second kappa shape index (κ2) is 9.14. The second-order valence-electron chi connectivity index (χ2n) is 10.8. The molecule has 5 nitrogen and oxygen atoms in total. The van der Waals surface area contributed by atoms with Crippen molar-refractivity contribution in [2.45, 2.75) is 0 Å². The van der Waals surface area contributed by atoms with Crippen LogP contribution in [0.4, 0.5) is 5.69 Å². The van der Waals surface area contributed by atoms with Crippen molar-refractivity contribution in [2.75, 3.05) is 18.6 Å². The molecule has 0 N–H and O–H groups in total. The molecule has 0 saturated carbocycles. The van der Waals surface area contributed by atoms with E-state index in [2.05, 4.69) is 161 Å². The van der Waals surface area contributed by atoms with Gasteiger partial charge in [0.15, 0.2) is 0 Å². The Morgan fingerprint density at radius 2 is 1.34 bits per heavy atom. The summed E-state index contributed by atoms with van der Waals surface area (Å²) in [6.45, 7) is 0.846. The number of aromatic nitrogens is 3. The van der Waals surface area contributed by atoms with Gasteiger partial charge in [-0.1, -0.05) is 78.9 Å². The summed E-state index contributed by atoms with van der Waals surface area (Å²) in [6.07, 6.45) is 4.25. The molecule has 0 amide bonds. The second-order valence-corrected chi connectivity index (χ2v) is 10.8. The SMILES string of the molecule is CN1C=CN(c2cccc(-n3c4ccccc4c4ccc(-c5nc6c(-c7ccccc7)cccc6n5C)cc43)c2)C1. The smallest absolute Gasteiger partial charge is 0.140 e. The van der Waals surface area contributed by atoms with Crippen molar-refractivity contribution >= 4 is 38.5 Å². The van der Waals surface area contributed by atoms with E-state index in [9.17, 15) is 0 Å². The standard InChI is InChI=1S/C36H29N5/c1-38-20-21-40(24-38)27-12-8-13-28(23-27)41-32-16-7-6-14-30(32)31-19-18-26(22-34(31)41)36-37-35-29(25-10-4-3-5-11-25)15-9-17-33(35)39(36)2/h3-23H,24H2,1-2H3. The van der Waals surface area contributed by atoms with Crippen molar-refractivity contribution < 1.29 is 0 Å². The molecule has 5 heteroatoms. The number of benzene rings is 5. The van der Waals surface area contributed by atoms with E-state index < -0.39 is 0 Å². The Morgan fingerprint density at radius 1 is 0.585 bits per heavy atom. The number of anilines is 1. The highest BCUT2D eigenvalue weighted by atomic mass is 15.3. The van der Waals surface area contributed by atoms with Crippen LogP contribution in [0.1, 0.15) is 0 Å². The van der Waals surface area contributed by atoms with E-state index in [1.165, 1.54) is 33.1 Å². The molecular weight excluding hydrogens is 502 g/mol. The van der Waals surface area contributed by atoms with Crippen LogP contribution in [-0.2, 0) is 7.05 Å². The summed E-state index contributed by atoms with van der Waals surface area (Å²) in [5.74, 6) is 0.959. The molecule has 0 unspecified atom stereocenters. The number of aryl methyl sites for hydroxylation is 1. The van der Waals surface area contributed by atoms with Crippen LogP contribution in [0.15, 0.2) is 128 Å². The quantitative estimate of drug-likeness (QED) is 0.229. The van der Waals surface area contributed by atoms with Crippen molar-refractivity contribution in [1.82, 2.24) is 19.0 Å². The van der Waals surface area contributed by atoms with Crippen LogP contribution in [0.3, 0.4) is 0 Å². The van der Waals surface area contributed by atoms with E-state index in [4.69, 9.17) is 4.98 Å². The van der Waals surface area contributed by atoms with Crippen molar-refractivity contribution in [3.63, 3.8) is 0 Å². The lowest BCUT2D eigenvalue weighted by atomic mass is 10.0. The first-order chi connectivity index (χ1) is 20.2. The summed E-state index contributed by atoms with van der Waals surface area (Å²) in [7, 11) is 4.21. The van der Waals surface area contributed by atoms with Crippen LogP contribution < -0.4 is 4.90 Å². The highest BCUT2D eigenvalue weighted by molar-refractivity contribution is 6.10. The molecule has 0 fully saturated rings. The molecule has 8 rings (SSSR count). The van der Waals surface area contributed by atoms with Gasteiger partial charge in [0.25, 0.3) is 0 Å². The topological polar surface area (TPSA) is 29.2 Å². The van der Waals surface area contributed by atoms with Gasteiger partial charge in [0, 0.05) is 59.8 Å². The van der Waals surface area contributed by atoms with Crippen molar-refractivity contribution in [3.05, 3.63) is 128 Å². The molecule has 1 aliphatic heterocycles. The number of fused-ring (bicyclic) bond motifs is 4. The monoisotopic (exact) mass is 531 g/mol. The van der Waals surface area contributed by atoms with Gasteiger partial charge >= 0.3 is 0 Å². The summed E-state index contributed by atoms with van der Waals surface area (Å²) in [5, 5.41) is 2.48. The third-order valence-electron chi connectivity index (χ3n) is 8.22. The molecule has 0 atom stereocenters. The van der Waals surface area contributed by atoms with Gasteiger partial charge in [-0.15, -0.1) is 0 Å². The van der Waals surface area contributed by atoms with Crippen LogP contribution in [0.25, 0.3) is 61.0 Å². The summed E-state index contributed by atoms with van der Waals surface area (Å²) < 4.78 is 4.60. The van der Waals surface area contributed by atoms with E-state index in [0.29, 0.717) is 0 Å². The lowest BCUT2D eigenvalue weighted by molar-refractivity contribution is 0.496. The van der Waals surface area contributed by atoms with Crippen LogP contribution in [0, 0.1) is 0 Å². The molecule has 3 heterocycles. The Hall–Kier alpha value is -5.29. The fraction of sp³-hybridized carbons (Fsp3) is 0.0833. The zero-order valence-electron chi connectivity index (χ0n) is 23.1. The van der Waals surface area contributed by atoms with Crippen molar-refractivity contribution in [2.24, 2.45) is 7.05 Å². The van der Waals surface area contributed by atoms with Gasteiger partial charge in [-0.3, -0.25) is 0 Å². The van der Waals surface area contributed by atoms with Crippen LogP contribution in [0.2, 0.25) is 0 Å². The molecule has 0 radical (unpaired) electrons. The van der Waals surface area contributed by atoms with Gasteiger partial charge in [0.2, 0.25) is 0 Å². The predicted molar refractivity (Wildman–Crippen MR) is 170 cm³/mol. The van der Waals surface area contributed by atoms with Crippen molar-refractivity contribution in [1.29, 1.82) is 0 Å². The molecule has 0 aliphatic carbocycles. The molecule has 1 aliphatic rings. The van der Waals surface area contributed by atoms with Gasteiger partial charge in [-0.05, 0) is 42.0 Å². The number of hydrogen-bond donors (Lipinski definition) is 0. The Bertz CT molecular complexity index is 2120. The third-order valence-corrected chi connectivity index (χ3v) is 8.22. The highest BCUT2D eigenvalue weighted by Crippen LogP contribution is 2.37. The minimum atomic E-state index is 0.846. The average Bonchev–Trinajstić information content (AvgIpc) is 3.71. The minimum absolute atomic E-state index is 0.846. The Morgan fingerprint density at radius 3 is 2.20 bits per heavy atom. The number of nitrogens with zero attached hydrogens (tertiary/aromatic N) is 5. The van der Waals surface area contributed by atoms with E-state index in [0.717, 1.165) is 40.3 Å². The average molecular weight is 532 g/mol. The van der Waals surface area contributed by atoms with E-state index in [-0.39, 0.29) is 0 Å². The molecule has 2 aromatic heterocycles. The largest absolute Gasteiger partial charge is 0.361 e. The molecule has 7 aromatic rings. The van der Waals surface area contributed by atoms with E-state index in [1.807, 2.05) is 0 Å². The lowest BCUT2D eigenvalue weighted by Gasteiger charge is -2.19. The Balaban J connectivity index is 1.33. The summed E-state index contributed by atoms with van der Waals surface area (Å²) in [5.41, 5.74) is 10.3. The maximum Gasteiger partial charge on any atom is 0.140 e. The first-order valence-electron chi connectivity index (χ1n) is 14.0. The molecule has 41 heavy (non-hydrogen) atoms. The normalized spacial score (nSPS) is 13.3. The van der Waals surface area contributed by atoms with Gasteiger partial charge in [0.1, 0.15) is 5.82 Å². The van der Waals surface area contributed by atoms with Gasteiger partial charge in [0.05, 0.1) is 28.7 Å². The molecule has 0 bridgehead atoms. The lowest BCUT2D eigenvalue weighted by Crippen LogP contribution is -2.21. The van der Waals surface area contributed by atoms with E-state index in [1.54, 1.807) is 0 Å². The minimum Gasteiger partial charge on any atom is -0.361 e. The third kappa shape index (κ3) is 3.74. The summed E-state index contributed by atoms with van der Waals surface area (Å²) in [6, 6.07) is 41.2. The Labute approximate surface area is 238 Å². The molecule has 5 aromatic carbocycles. The summed E-state index contributed by atoms with van der Waals surface area (Å²) >= 11 is 0. The fourth-order valence-electron chi connectivity index (χ4n) is 6.22. The maximum atomic E-state index is 5.23. The first-order valence-corrected chi connectivity index (χ1v) is 14.0. The van der Waals surface area contributed by atoms with Crippen molar-refractivity contribution in [3.8, 4) is 28.2 Å². The zero-order chi connectivity index (χ0) is 27.5. The first kappa shape index (κ1) is 23.6. The zero-order valence-corrected chi connectivity index (χ0v) is 23.1. The number of para-hydroxylation sites is 2. The predicted octanol–water partition coefficient (Wildman–Crippen LogP) is 8.18. The Kier molecular flexibility index (Phi) is 5.25. The number of rotatable bonds is 4. The number of imidazole rings is 1. The summed E-state index contributed by atoms with van der Waals surface area (Å²) in [4.78, 5) is 9.68. The molecule has 0 saturated heterocycles. The van der Waals surface area contributed by atoms with Gasteiger partial charge < -0.3 is 18.9 Å². The van der Waals surface area contributed by atoms with E-state index >= 15 is 0 Å². The van der Waals surface area contributed by atoms with Crippen LogP contribution in [0.5, 0.6) is 0 Å². The van der Waals surface area contributed by atoms with Crippen LogP contribution in [-0.4, -0.2) is 32.7 Å². The fourth-order valence-corrected chi connectivity index (χ4v) is 6.22. The molecular formula is C36H29N5.